The van der Waals surface area contributed by atoms with Crippen LogP contribution in [0.15, 0.2) is 18.2 Å². The molecule has 1 aliphatic rings. The van der Waals surface area contributed by atoms with Crippen LogP contribution in [-0.4, -0.2) is 42.3 Å². The van der Waals surface area contributed by atoms with Crippen molar-refractivity contribution in [1.29, 1.82) is 0 Å². The van der Waals surface area contributed by atoms with Crippen LogP contribution in [-0.2, 0) is 4.57 Å². The van der Waals surface area contributed by atoms with E-state index in [4.69, 9.17) is 4.74 Å². The van der Waals surface area contributed by atoms with Crippen molar-refractivity contribution < 1.29 is 14.2 Å². The molecule has 2 rings (SSSR count). The summed E-state index contributed by atoms with van der Waals surface area (Å²) in [6.07, 6.45) is 1.45. The van der Waals surface area contributed by atoms with Gasteiger partial charge in [0.2, 0.25) is 0 Å². The monoisotopic (exact) mass is 297 g/mol. The van der Waals surface area contributed by atoms with Crippen molar-refractivity contribution in [3.8, 4) is 5.75 Å². The van der Waals surface area contributed by atoms with E-state index in [1.54, 1.807) is 12.1 Å². The zero-order chi connectivity index (χ0) is 14.7. The predicted molar refractivity (Wildman–Crippen MR) is 77.0 cm³/mol. The second kappa shape index (κ2) is 6.29. The summed E-state index contributed by atoms with van der Waals surface area (Å²) >= 11 is 0. The maximum atomic E-state index is 11.4. The topological polar surface area (TPSA) is 72.7 Å². The third kappa shape index (κ3) is 3.14. The Morgan fingerprint density at radius 3 is 2.60 bits per heavy atom. The Labute approximate surface area is 118 Å². The summed E-state index contributed by atoms with van der Waals surface area (Å²) in [5.41, 5.74) is 0.953. The first-order valence-electron chi connectivity index (χ1n) is 6.51. The summed E-state index contributed by atoms with van der Waals surface area (Å²) in [7, 11) is 0.392. The fourth-order valence-corrected chi connectivity index (χ4v) is 3.59. The molecular formula is C13H18N2O4P. The van der Waals surface area contributed by atoms with Crippen LogP contribution in [0, 0.1) is 10.1 Å². The molecule has 1 aliphatic heterocycles. The van der Waals surface area contributed by atoms with Gasteiger partial charge in [-0.2, -0.15) is 0 Å². The summed E-state index contributed by atoms with van der Waals surface area (Å²) in [6.45, 7) is 3.66. The maximum Gasteiger partial charge on any atom is 0.310 e. The summed E-state index contributed by atoms with van der Waals surface area (Å²) < 4.78 is 16.5. The number of nitro benzene ring substituents is 1. The highest BCUT2D eigenvalue weighted by molar-refractivity contribution is 7.44. The number of rotatable bonds is 4. The van der Waals surface area contributed by atoms with Crippen molar-refractivity contribution in [3.63, 3.8) is 0 Å². The van der Waals surface area contributed by atoms with E-state index in [2.05, 4.69) is 11.8 Å². The Kier molecular flexibility index (Phi) is 4.68. The molecule has 0 aromatic heterocycles. The van der Waals surface area contributed by atoms with Crippen LogP contribution in [0.3, 0.4) is 0 Å². The lowest BCUT2D eigenvalue weighted by molar-refractivity contribution is -0.385. The average molecular weight is 297 g/mol. The van der Waals surface area contributed by atoms with Gasteiger partial charge in [0.15, 0.2) is 5.75 Å². The fourth-order valence-electron chi connectivity index (χ4n) is 2.41. The zero-order valence-corrected chi connectivity index (χ0v) is 12.5. The van der Waals surface area contributed by atoms with Gasteiger partial charge in [0.1, 0.15) is 0 Å². The van der Waals surface area contributed by atoms with Gasteiger partial charge in [0.25, 0.3) is 0 Å². The molecule has 0 amide bonds. The van der Waals surface area contributed by atoms with Gasteiger partial charge in [-0.1, -0.05) is 6.07 Å². The van der Waals surface area contributed by atoms with Gasteiger partial charge in [0, 0.05) is 37.5 Å². The molecular weight excluding hydrogens is 279 g/mol. The molecule has 109 valence electrons. The van der Waals surface area contributed by atoms with Gasteiger partial charge in [0.05, 0.1) is 19.8 Å². The smallest absolute Gasteiger partial charge is 0.310 e. The second-order valence-corrected chi connectivity index (χ2v) is 6.69. The van der Waals surface area contributed by atoms with E-state index >= 15 is 0 Å². The highest BCUT2D eigenvalue weighted by Crippen LogP contribution is 2.34. The lowest BCUT2D eigenvalue weighted by Gasteiger charge is -2.32. The van der Waals surface area contributed by atoms with Crippen LogP contribution in [0.1, 0.15) is 18.5 Å². The number of nitro groups is 1. The molecule has 6 nitrogen and oxygen atoms in total. The van der Waals surface area contributed by atoms with E-state index < -0.39 is 12.7 Å². The average Bonchev–Trinajstić information content (AvgIpc) is 2.46. The predicted octanol–water partition coefficient (Wildman–Crippen LogP) is 2.81. The van der Waals surface area contributed by atoms with Crippen LogP contribution in [0.2, 0.25) is 0 Å². The molecule has 1 radical (unpaired) electrons. The molecule has 1 aromatic rings. The van der Waals surface area contributed by atoms with Gasteiger partial charge in [-0.3, -0.25) is 19.6 Å². The van der Waals surface area contributed by atoms with E-state index in [0.717, 1.165) is 31.0 Å². The first-order valence-corrected chi connectivity index (χ1v) is 8.14. The third-order valence-electron chi connectivity index (χ3n) is 3.70. The van der Waals surface area contributed by atoms with E-state index in [1.165, 1.54) is 13.2 Å². The van der Waals surface area contributed by atoms with Gasteiger partial charge >= 0.3 is 5.69 Å². The number of hydrogen-bond donors (Lipinski definition) is 0. The zero-order valence-electron chi connectivity index (χ0n) is 11.6. The van der Waals surface area contributed by atoms with Crippen molar-refractivity contribution in [3.05, 3.63) is 33.9 Å². The number of nitrogens with zero attached hydrogens (tertiary/aromatic N) is 2. The van der Waals surface area contributed by atoms with Gasteiger partial charge < -0.3 is 4.74 Å². The molecule has 7 heteroatoms. The Balaban J connectivity index is 2.20. The number of ether oxygens (including phenoxy) is 1. The van der Waals surface area contributed by atoms with Crippen LogP contribution in [0.25, 0.3) is 0 Å². The molecule has 1 fully saturated rings. The number of methoxy groups -OCH3 is 1. The Morgan fingerprint density at radius 2 is 2.05 bits per heavy atom. The first-order chi connectivity index (χ1) is 9.52. The standard InChI is InChI=1S/C13H18N2O4P/c1-10(14-5-7-20(18)8-6-14)11-3-4-12(15(16)17)13(9-11)19-2/h3-4,9-10H,5-8H2,1-2H3. The lowest BCUT2D eigenvalue weighted by Crippen LogP contribution is -2.34. The van der Waals surface area contributed by atoms with Crippen molar-refractivity contribution in [2.45, 2.75) is 13.0 Å². The highest BCUT2D eigenvalue weighted by Gasteiger charge is 2.23. The molecule has 1 atom stereocenters. The van der Waals surface area contributed by atoms with Crippen molar-refractivity contribution in [1.82, 2.24) is 4.90 Å². The van der Waals surface area contributed by atoms with Gasteiger partial charge in [-0.25, -0.2) is 0 Å². The van der Waals surface area contributed by atoms with Gasteiger partial charge in [-0.05, 0) is 18.6 Å². The number of hydrogen-bond acceptors (Lipinski definition) is 5. The molecule has 1 heterocycles. The van der Waals surface area contributed by atoms with E-state index in [1.807, 2.05) is 0 Å². The minimum absolute atomic E-state index is 0.0230. The quantitative estimate of drug-likeness (QED) is 0.485. The van der Waals surface area contributed by atoms with Crippen molar-refractivity contribution in [2.75, 3.05) is 32.5 Å². The molecule has 0 N–H and O–H groups in total. The fraction of sp³-hybridized carbons (Fsp3) is 0.538. The van der Waals surface area contributed by atoms with Crippen molar-refractivity contribution in [2.24, 2.45) is 0 Å². The first kappa shape index (κ1) is 14.9. The molecule has 1 unspecified atom stereocenters. The minimum Gasteiger partial charge on any atom is -0.490 e. The van der Waals surface area contributed by atoms with E-state index in [-0.39, 0.29) is 17.5 Å². The van der Waals surface area contributed by atoms with Crippen LogP contribution in [0.4, 0.5) is 5.69 Å². The molecule has 0 bridgehead atoms. The summed E-state index contributed by atoms with van der Waals surface area (Å²) in [5.74, 6) is 0.280. The number of benzene rings is 1. The second-order valence-electron chi connectivity index (χ2n) is 4.83. The molecule has 0 aliphatic carbocycles. The molecule has 1 aromatic carbocycles. The summed E-state index contributed by atoms with van der Waals surface area (Å²) in [5, 5.41) is 10.9. The highest BCUT2D eigenvalue weighted by atomic mass is 31.1. The van der Waals surface area contributed by atoms with E-state index in [9.17, 15) is 14.7 Å². The van der Waals surface area contributed by atoms with Crippen LogP contribution >= 0.6 is 7.80 Å². The molecule has 20 heavy (non-hydrogen) atoms. The van der Waals surface area contributed by atoms with Crippen LogP contribution in [0.5, 0.6) is 5.75 Å². The Hall–Kier alpha value is -1.52. The third-order valence-corrected chi connectivity index (χ3v) is 5.10. The molecule has 0 saturated carbocycles. The van der Waals surface area contributed by atoms with Crippen molar-refractivity contribution >= 4 is 13.5 Å². The molecule has 0 spiro atoms. The maximum absolute atomic E-state index is 11.4. The Bertz CT molecular complexity index is 525. The minimum atomic E-state index is -1.04. The normalized spacial score (nSPS) is 17.8. The van der Waals surface area contributed by atoms with E-state index in [0.29, 0.717) is 0 Å². The largest absolute Gasteiger partial charge is 0.490 e. The van der Waals surface area contributed by atoms with Gasteiger partial charge in [-0.15, -0.1) is 0 Å². The lowest BCUT2D eigenvalue weighted by atomic mass is 10.1. The summed E-state index contributed by atoms with van der Waals surface area (Å²) in [6, 6.07) is 5.10. The van der Waals surface area contributed by atoms with Crippen LogP contribution < -0.4 is 4.74 Å². The summed E-state index contributed by atoms with van der Waals surface area (Å²) in [4.78, 5) is 12.7. The Morgan fingerprint density at radius 1 is 1.40 bits per heavy atom. The SMILES string of the molecule is COc1cc(C(C)N2CC[P](=O)CC2)ccc1[N+](=O)[O-]. The molecule has 1 saturated heterocycles.